The Morgan fingerprint density at radius 1 is 1.14 bits per heavy atom. The third kappa shape index (κ3) is 3.01. The van der Waals surface area contributed by atoms with E-state index < -0.39 is 0 Å². The maximum absolute atomic E-state index is 5.99. The largest absolute Gasteiger partial charge is 0.461 e. The Labute approximate surface area is 127 Å². The van der Waals surface area contributed by atoms with E-state index >= 15 is 0 Å². The summed E-state index contributed by atoms with van der Waals surface area (Å²) in [7, 11) is 0. The first-order valence-electron chi connectivity index (χ1n) is 8.41. The molecule has 0 aliphatic heterocycles. The smallest absolute Gasteiger partial charge is 0.134 e. The molecule has 1 fully saturated rings. The number of hydrogen-bond acceptors (Lipinski definition) is 2. The Morgan fingerprint density at radius 2 is 1.95 bits per heavy atom. The van der Waals surface area contributed by atoms with Crippen molar-refractivity contribution in [1.29, 1.82) is 0 Å². The molecule has 1 aromatic heterocycles. The quantitative estimate of drug-likeness (QED) is 0.863. The lowest BCUT2D eigenvalue weighted by Gasteiger charge is -2.32. The normalized spacial score (nSPS) is 26.3. The van der Waals surface area contributed by atoms with Crippen LogP contribution in [0.4, 0.5) is 0 Å². The zero-order valence-electron chi connectivity index (χ0n) is 13.5. The first-order chi connectivity index (χ1) is 10.2. The molecule has 1 heterocycles. The molecule has 0 bridgehead atoms. The fraction of sp³-hybridized carbons (Fsp3) is 0.579. The number of benzene rings is 1. The Balaban J connectivity index is 1.73. The maximum atomic E-state index is 5.99. The second-order valence-corrected chi connectivity index (χ2v) is 6.70. The van der Waals surface area contributed by atoms with Gasteiger partial charge in [-0.25, -0.2) is 0 Å². The highest BCUT2D eigenvalue weighted by Crippen LogP contribution is 2.30. The van der Waals surface area contributed by atoms with E-state index in [1.54, 1.807) is 0 Å². The number of hydrogen-bond donors (Lipinski definition) is 1. The second kappa shape index (κ2) is 6.23. The number of para-hydroxylation sites is 1. The fourth-order valence-electron chi connectivity index (χ4n) is 3.61. The average molecular weight is 285 g/mol. The van der Waals surface area contributed by atoms with Gasteiger partial charge in [0.25, 0.3) is 0 Å². The van der Waals surface area contributed by atoms with Crippen molar-refractivity contribution in [3.8, 4) is 0 Å². The summed E-state index contributed by atoms with van der Waals surface area (Å²) >= 11 is 0. The van der Waals surface area contributed by atoms with Crippen molar-refractivity contribution in [3.05, 3.63) is 35.6 Å². The molecule has 1 aromatic carbocycles. The van der Waals surface area contributed by atoms with Crippen molar-refractivity contribution in [1.82, 2.24) is 5.32 Å². The van der Waals surface area contributed by atoms with Crippen molar-refractivity contribution in [3.63, 3.8) is 0 Å². The van der Waals surface area contributed by atoms with Crippen LogP contribution in [0, 0.1) is 11.8 Å². The number of nitrogens with one attached hydrogen (secondary N) is 1. The molecule has 0 radical (unpaired) electrons. The van der Waals surface area contributed by atoms with Crippen molar-refractivity contribution < 1.29 is 4.42 Å². The van der Waals surface area contributed by atoms with E-state index in [0.717, 1.165) is 36.1 Å². The average Bonchev–Trinajstić information content (AvgIpc) is 2.86. The van der Waals surface area contributed by atoms with Crippen molar-refractivity contribution in [2.24, 2.45) is 11.8 Å². The highest BCUT2D eigenvalue weighted by atomic mass is 16.3. The van der Waals surface area contributed by atoms with Crippen molar-refractivity contribution in [2.75, 3.05) is 0 Å². The number of rotatable bonds is 4. The van der Waals surface area contributed by atoms with Gasteiger partial charge in [0.05, 0.1) is 0 Å². The van der Waals surface area contributed by atoms with Crippen LogP contribution in [0.1, 0.15) is 51.4 Å². The van der Waals surface area contributed by atoms with Crippen LogP contribution in [-0.4, -0.2) is 6.04 Å². The molecule has 0 spiro atoms. The summed E-state index contributed by atoms with van der Waals surface area (Å²) in [4.78, 5) is 0. The molecule has 1 N–H and O–H groups in total. The van der Waals surface area contributed by atoms with Gasteiger partial charge in [0.15, 0.2) is 0 Å². The SMILES string of the molecule is CCc1oc2ccccc2c1CNC1CCC(C)C(C)C1. The summed E-state index contributed by atoms with van der Waals surface area (Å²) in [6.45, 7) is 7.89. The summed E-state index contributed by atoms with van der Waals surface area (Å²) in [5.41, 5.74) is 2.39. The van der Waals surface area contributed by atoms with E-state index in [4.69, 9.17) is 4.42 Å². The summed E-state index contributed by atoms with van der Waals surface area (Å²) in [6, 6.07) is 9.07. The number of furan rings is 1. The van der Waals surface area contributed by atoms with Crippen molar-refractivity contribution in [2.45, 2.75) is 59.0 Å². The molecule has 21 heavy (non-hydrogen) atoms. The standard InChI is InChI=1S/C19H27NO/c1-4-18-17(16-7-5-6-8-19(16)21-18)12-20-15-10-9-13(2)14(3)11-15/h5-8,13-15,20H,4,9-12H2,1-3H3. The Kier molecular flexibility index (Phi) is 4.34. The molecule has 2 aromatic rings. The lowest BCUT2D eigenvalue weighted by atomic mass is 9.79. The molecule has 3 rings (SSSR count). The molecule has 114 valence electrons. The summed E-state index contributed by atoms with van der Waals surface area (Å²) < 4.78 is 5.99. The zero-order chi connectivity index (χ0) is 14.8. The molecule has 0 saturated heterocycles. The van der Waals surface area contributed by atoms with Crippen molar-refractivity contribution >= 4 is 11.0 Å². The first-order valence-corrected chi connectivity index (χ1v) is 8.41. The van der Waals surface area contributed by atoms with E-state index in [1.807, 2.05) is 6.07 Å². The summed E-state index contributed by atoms with van der Waals surface area (Å²) in [5, 5.41) is 5.06. The van der Waals surface area contributed by atoms with Gasteiger partial charge in [-0.1, -0.05) is 39.0 Å². The van der Waals surface area contributed by atoms with Crippen LogP contribution in [-0.2, 0) is 13.0 Å². The monoisotopic (exact) mass is 285 g/mol. The highest BCUT2D eigenvalue weighted by Gasteiger charge is 2.24. The maximum Gasteiger partial charge on any atom is 0.134 e. The minimum Gasteiger partial charge on any atom is -0.461 e. The minimum absolute atomic E-state index is 0.662. The highest BCUT2D eigenvalue weighted by molar-refractivity contribution is 5.82. The number of fused-ring (bicyclic) bond motifs is 1. The molecular weight excluding hydrogens is 258 g/mol. The molecule has 1 aliphatic carbocycles. The summed E-state index contributed by atoms with van der Waals surface area (Å²) in [6.07, 6.45) is 4.93. The van der Waals surface area contributed by atoms with E-state index in [9.17, 15) is 0 Å². The predicted octanol–water partition coefficient (Wildman–Crippen LogP) is 4.91. The van der Waals surface area contributed by atoms with E-state index in [-0.39, 0.29) is 0 Å². The van der Waals surface area contributed by atoms with Gasteiger partial charge in [0.2, 0.25) is 0 Å². The molecule has 3 atom stereocenters. The van der Waals surface area contributed by atoms with Crippen LogP contribution in [0.5, 0.6) is 0 Å². The van der Waals surface area contributed by atoms with Gasteiger partial charge in [-0.2, -0.15) is 0 Å². The molecule has 0 amide bonds. The van der Waals surface area contributed by atoms with Gasteiger partial charge >= 0.3 is 0 Å². The molecule has 2 nitrogen and oxygen atoms in total. The molecular formula is C19H27NO. The van der Waals surface area contributed by atoms with Crippen LogP contribution >= 0.6 is 0 Å². The van der Waals surface area contributed by atoms with Gasteiger partial charge in [-0.05, 0) is 37.2 Å². The van der Waals surface area contributed by atoms with E-state index in [1.165, 1.54) is 30.2 Å². The van der Waals surface area contributed by atoms with E-state index in [0.29, 0.717) is 6.04 Å². The van der Waals surface area contributed by atoms with Gasteiger partial charge in [-0.3, -0.25) is 0 Å². The Bertz CT molecular complexity index is 601. The lowest BCUT2D eigenvalue weighted by molar-refractivity contribution is 0.225. The Hall–Kier alpha value is -1.28. The van der Waals surface area contributed by atoms with Crippen LogP contribution < -0.4 is 5.32 Å². The second-order valence-electron chi connectivity index (χ2n) is 6.70. The topological polar surface area (TPSA) is 25.2 Å². The first kappa shape index (κ1) is 14.6. The van der Waals surface area contributed by atoms with Gasteiger partial charge in [0, 0.05) is 30.0 Å². The predicted molar refractivity (Wildman–Crippen MR) is 88.4 cm³/mol. The Morgan fingerprint density at radius 3 is 2.71 bits per heavy atom. The number of aryl methyl sites for hydroxylation is 1. The van der Waals surface area contributed by atoms with Crippen LogP contribution in [0.15, 0.2) is 28.7 Å². The molecule has 1 saturated carbocycles. The van der Waals surface area contributed by atoms with Gasteiger partial charge in [0.1, 0.15) is 11.3 Å². The van der Waals surface area contributed by atoms with Crippen LogP contribution in [0.3, 0.4) is 0 Å². The molecule has 3 unspecified atom stereocenters. The van der Waals surface area contributed by atoms with Gasteiger partial charge in [-0.15, -0.1) is 0 Å². The van der Waals surface area contributed by atoms with E-state index in [2.05, 4.69) is 44.3 Å². The van der Waals surface area contributed by atoms with Crippen LogP contribution in [0.2, 0.25) is 0 Å². The third-order valence-corrected chi connectivity index (χ3v) is 5.27. The lowest BCUT2D eigenvalue weighted by Crippen LogP contribution is -2.35. The van der Waals surface area contributed by atoms with Crippen LogP contribution in [0.25, 0.3) is 11.0 Å². The minimum atomic E-state index is 0.662. The van der Waals surface area contributed by atoms with Gasteiger partial charge < -0.3 is 9.73 Å². The fourth-order valence-corrected chi connectivity index (χ4v) is 3.61. The molecule has 2 heteroatoms. The third-order valence-electron chi connectivity index (χ3n) is 5.27. The molecule has 1 aliphatic rings. The summed E-state index contributed by atoms with van der Waals surface area (Å²) in [5.74, 6) is 2.85. The zero-order valence-corrected chi connectivity index (χ0v) is 13.5.